The second-order valence-corrected chi connectivity index (χ2v) is 6.08. The van der Waals surface area contributed by atoms with Gasteiger partial charge in [-0.25, -0.2) is 8.42 Å². The number of hydrogen-bond donors (Lipinski definition) is 0. The number of nitrogens with zero attached hydrogens (tertiary/aromatic N) is 1. The number of ether oxygens (including phenoxy) is 1. The van der Waals surface area contributed by atoms with Crippen LogP contribution in [0.15, 0.2) is 35.7 Å². The number of esters is 1. The summed E-state index contributed by atoms with van der Waals surface area (Å²) in [6.45, 7) is 3.39. The summed E-state index contributed by atoms with van der Waals surface area (Å²) >= 11 is 0. The minimum absolute atomic E-state index is 0.219. The molecule has 0 spiro atoms. The first-order chi connectivity index (χ1) is 9.38. The van der Waals surface area contributed by atoms with Crippen molar-refractivity contribution < 1.29 is 17.9 Å². The lowest BCUT2D eigenvalue weighted by Gasteiger charge is -2.20. The molecule has 1 aromatic carbocycles. The first-order valence-corrected chi connectivity index (χ1v) is 7.76. The monoisotopic (exact) mass is 297 g/mol. The third kappa shape index (κ3) is 4.47. The topological polar surface area (TPSA) is 63.7 Å². The number of benzene rings is 1. The van der Waals surface area contributed by atoms with Crippen molar-refractivity contribution in [1.29, 1.82) is 0 Å². The average molecular weight is 297 g/mol. The van der Waals surface area contributed by atoms with E-state index in [1.165, 1.54) is 20.0 Å². The molecular weight excluding hydrogens is 278 g/mol. The van der Waals surface area contributed by atoms with Crippen LogP contribution in [0.25, 0.3) is 6.08 Å². The maximum absolute atomic E-state index is 12.1. The summed E-state index contributed by atoms with van der Waals surface area (Å²) < 4.78 is 30.0. The molecule has 0 aromatic heterocycles. The molecule has 0 aliphatic carbocycles. The molecule has 0 radical (unpaired) electrons. The molecule has 0 saturated carbocycles. The van der Waals surface area contributed by atoms with Crippen LogP contribution in [0.5, 0.6) is 0 Å². The van der Waals surface area contributed by atoms with E-state index in [9.17, 15) is 13.2 Å². The van der Waals surface area contributed by atoms with Crippen molar-refractivity contribution in [2.24, 2.45) is 0 Å². The first kappa shape index (κ1) is 16.4. The van der Waals surface area contributed by atoms with Gasteiger partial charge in [-0.3, -0.25) is 4.79 Å². The molecule has 0 heterocycles. The van der Waals surface area contributed by atoms with Gasteiger partial charge in [-0.15, -0.1) is 0 Å². The molecule has 1 unspecified atom stereocenters. The molecule has 1 rings (SSSR count). The van der Waals surface area contributed by atoms with E-state index in [1.54, 1.807) is 19.1 Å². The zero-order valence-electron chi connectivity index (χ0n) is 11.8. The molecule has 6 heteroatoms. The lowest BCUT2D eigenvalue weighted by Crippen LogP contribution is -2.40. The number of likely N-dealkylation sites (N-methyl/N-ethyl adjacent to an activating group) is 1. The zero-order chi connectivity index (χ0) is 15.2. The Morgan fingerprint density at radius 1 is 1.35 bits per heavy atom. The fourth-order valence-electron chi connectivity index (χ4n) is 1.46. The maximum Gasteiger partial charge on any atom is 0.324 e. The van der Waals surface area contributed by atoms with Gasteiger partial charge in [0.05, 0.1) is 6.61 Å². The predicted octanol–water partition coefficient (Wildman–Crippen LogP) is 1.87. The van der Waals surface area contributed by atoms with Gasteiger partial charge in [0.15, 0.2) is 0 Å². The van der Waals surface area contributed by atoms with Gasteiger partial charge in [0.2, 0.25) is 10.0 Å². The van der Waals surface area contributed by atoms with Crippen LogP contribution >= 0.6 is 0 Å². The molecule has 110 valence electrons. The van der Waals surface area contributed by atoms with Gasteiger partial charge >= 0.3 is 5.97 Å². The zero-order valence-corrected chi connectivity index (χ0v) is 12.6. The van der Waals surface area contributed by atoms with E-state index in [4.69, 9.17) is 4.74 Å². The highest BCUT2D eigenvalue weighted by Crippen LogP contribution is 2.10. The number of carbonyl (C=O) groups is 1. The standard InChI is InChI=1S/C14H19NO4S/c1-4-19-14(16)12(2)15(3)20(17,18)11-10-13-8-6-5-7-9-13/h5-12H,4H2,1-3H3. The highest BCUT2D eigenvalue weighted by molar-refractivity contribution is 7.92. The lowest BCUT2D eigenvalue weighted by molar-refractivity contribution is -0.146. The second-order valence-electron chi connectivity index (χ2n) is 4.20. The quantitative estimate of drug-likeness (QED) is 0.752. The predicted molar refractivity (Wildman–Crippen MR) is 78.3 cm³/mol. The lowest BCUT2D eigenvalue weighted by atomic mass is 10.2. The number of rotatable bonds is 6. The molecule has 0 bridgehead atoms. The fourth-order valence-corrected chi connectivity index (χ4v) is 2.50. The summed E-state index contributed by atoms with van der Waals surface area (Å²) in [5, 5.41) is 1.08. The molecule has 1 atom stereocenters. The highest BCUT2D eigenvalue weighted by atomic mass is 32.2. The molecule has 0 N–H and O–H groups in total. The number of carbonyl (C=O) groups excluding carboxylic acids is 1. The van der Waals surface area contributed by atoms with Gasteiger partial charge in [-0.2, -0.15) is 4.31 Å². The second kappa shape index (κ2) is 7.21. The van der Waals surface area contributed by atoms with Crippen LogP contribution in [0.2, 0.25) is 0 Å². The minimum atomic E-state index is -3.67. The van der Waals surface area contributed by atoms with Crippen LogP contribution in [0, 0.1) is 0 Å². The normalized spacial score (nSPS) is 13.6. The van der Waals surface area contributed by atoms with Crippen LogP contribution in [-0.2, 0) is 19.6 Å². The fraction of sp³-hybridized carbons (Fsp3) is 0.357. The van der Waals surface area contributed by atoms with Gasteiger partial charge in [-0.05, 0) is 25.5 Å². The SMILES string of the molecule is CCOC(=O)C(C)N(C)S(=O)(=O)C=Cc1ccccc1. The molecule has 0 aliphatic heterocycles. The summed E-state index contributed by atoms with van der Waals surface area (Å²) in [7, 11) is -2.32. The Balaban J connectivity index is 2.83. The maximum atomic E-state index is 12.1. The van der Waals surface area contributed by atoms with Gasteiger partial charge in [0.1, 0.15) is 6.04 Å². The molecule has 0 amide bonds. The summed E-state index contributed by atoms with van der Waals surface area (Å²) in [5.74, 6) is -0.563. The largest absolute Gasteiger partial charge is 0.465 e. The number of hydrogen-bond acceptors (Lipinski definition) is 4. The van der Waals surface area contributed by atoms with Crippen LogP contribution in [-0.4, -0.2) is 38.4 Å². The molecule has 20 heavy (non-hydrogen) atoms. The Bertz CT molecular complexity index is 566. The van der Waals surface area contributed by atoms with E-state index in [0.29, 0.717) is 0 Å². The Morgan fingerprint density at radius 3 is 2.50 bits per heavy atom. The van der Waals surface area contributed by atoms with Crippen molar-refractivity contribution in [3.05, 3.63) is 41.3 Å². The van der Waals surface area contributed by atoms with Gasteiger partial charge in [-0.1, -0.05) is 30.3 Å². The molecular formula is C14H19NO4S. The molecule has 0 saturated heterocycles. The van der Waals surface area contributed by atoms with Crippen molar-refractivity contribution in [2.45, 2.75) is 19.9 Å². The van der Waals surface area contributed by atoms with Crippen molar-refractivity contribution in [1.82, 2.24) is 4.31 Å². The summed E-state index contributed by atoms with van der Waals surface area (Å²) in [5.41, 5.74) is 0.772. The first-order valence-electron chi connectivity index (χ1n) is 6.26. The van der Waals surface area contributed by atoms with Gasteiger partial charge < -0.3 is 4.74 Å². The molecule has 0 fully saturated rings. The molecule has 1 aromatic rings. The summed E-state index contributed by atoms with van der Waals surface area (Å²) in [4.78, 5) is 11.6. The van der Waals surface area contributed by atoms with E-state index in [2.05, 4.69) is 0 Å². The summed E-state index contributed by atoms with van der Waals surface area (Å²) in [6, 6.07) is 8.21. The third-order valence-electron chi connectivity index (χ3n) is 2.81. The van der Waals surface area contributed by atoms with Crippen molar-refractivity contribution >= 4 is 22.1 Å². The molecule has 0 aliphatic rings. The summed E-state index contributed by atoms with van der Waals surface area (Å²) in [6.07, 6.45) is 1.49. The van der Waals surface area contributed by atoms with Gasteiger partial charge in [0, 0.05) is 12.5 Å². The Kier molecular flexibility index (Phi) is 5.91. The smallest absolute Gasteiger partial charge is 0.324 e. The Labute approximate surface area is 119 Å². The molecule has 5 nitrogen and oxygen atoms in total. The number of sulfonamides is 1. The van der Waals surface area contributed by atoms with E-state index in [1.807, 2.05) is 18.2 Å². The van der Waals surface area contributed by atoms with Crippen LogP contribution < -0.4 is 0 Å². The van der Waals surface area contributed by atoms with Crippen molar-refractivity contribution in [3.8, 4) is 0 Å². The van der Waals surface area contributed by atoms with Crippen LogP contribution in [0.4, 0.5) is 0 Å². The Morgan fingerprint density at radius 2 is 1.95 bits per heavy atom. The van der Waals surface area contributed by atoms with E-state index in [0.717, 1.165) is 15.3 Å². The highest BCUT2D eigenvalue weighted by Gasteiger charge is 2.27. The Hall–Kier alpha value is -1.66. The third-order valence-corrected chi connectivity index (χ3v) is 4.41. The van der Waals surface area contributed by atoms with E-state index >= 15 is 0 Å². The van der Waals surface area contributed by atoms with E-state index < -0.39 is 22.0 Å². The van der Waals surface area contributed by atoms with Crippen molar-refractivity contribution in [3.63, 3.8) is 0 Å². The minimum Gasteiger partial charge on any atom is -0.465 e. The van der Waals surface area contributed by atoms with Crippen LogP contribution in [0.3, 0.4) is 0 Å². The van der Waals surface area contributed by atoms with E-state index in [-0.39, 0.29) is 6.61 Å². The van der Waals surface area contributed by atoms with Gasteiger partial charge in [0.25, 0.3) is 0 Å². The van der Waals surface area contributed by atoms with Crippen molar-refractivity contribution in [2.75, 3.05) is 13.7 Å². The average Bonchev–Trinajstić information content (AvgIpc) is 2.45. The van der Waals surface area contributed by atoms with Crippen LogP contribution in [0.1, 0.15) is 19.4 Å².